The number of hydrogen-bond donors (Lipinski definition) is 1. The molecule has 1 aromatic heterocycles. The second-order valence-corrected chi connectivity index (χ2v) is 7.74. The van der Waals surface area contributed by atoms with Crippen molar-refractivity contribution in [1.29, 1.82) is 0 Å². The maximum absolute atomic E-state index is 12.7. The molecule has 1 amide bonds. The number of hydrogen-bond acceptors (Lipinski definition) is 4. The predicted octanol–water partition coefficient (Wildman–Crippen LogP) is 2.51. The van der Waals surface area contributed by atoms with Gasteiger partial charge in [0.2, 0.25) is 0 Å². The van der Waals surface area contributed by atoms with E-state index in [0.717, 1.165) is 31.2 Å². The summed E-state index contributed by atoms with van der Waals surface area (Å²) >= 11 is 0. The van der Waals surface area contributed by atoms with Gasteiger partial charge in [-0.1, -0.05) is 13.0 Å². The summed E-state index contributed by atoms with van der Waals surface area (Å²) in [5, 5.41) is 10.8. The highest BCUT2D eigenvalue weighted by Crippen LogP contribution is 2.18. The minimum atomic E-state index is -0.277. The van der Waals surface area contributed by atoms with Crippen LogP contribution in [0.2, 0.25) is 0 Å². The Bertz CT molecular complexity index is 710. The lowest BCUT2D eigenvalue weighted by Gasteiger charge is -2.37. The van der Waals surface area contributed by atoms with E-state index < -0.39 is 0 Å². The number of nitrogens with one attached hydrogen (secondary N) is 1. The van der Waals surface area contributed by atoms with E-state index in [2.05, 4.69) is 41.2 Å². The second kappa shape index (κ2) is 7.35. The number of rotatable bonds is 5. The maximum atomic E-state index is 12.7. The molecule has 6 nitrogen and oxygen atoms in total. The normalized spacial score (nSPS) is 18.9. The largest absolute Gasteiger partial charge is 0.346 e. The third kappa shape index (κ3) is 4.66. The molecule has 0 spiro atoms. The molecule has 25 heavy (non-hydrogen) atoms. The first-order valence-electron chi connectivity index (χ1n) is 8.93. The minimum Gasteiger partial charge on any atom is -0.346 e. The van der Waals surface area contributed by atoms with Crippen molar-refractivity contribution in [3.63, 3.8) is 0 Å². The van der Waals surface area contributed by atoms with Crippen LogP contribution < -0.4 is 5.32 Å². The summed E-state index contributed by atoms with van der Waals surface area (Å²) < 4.78 is 1.79. The van der Waals surface area contributed by atoms with E-state index in [4.69, 9.17) is 0 Å². The lowest BCUT2D eigenvalue weighted by atomic mass is 9.97. The molecule has 134 valence electrons. The average Bonchev–Trinajstić information content (AvgIpc) is 3.08. The van der Waals surface area contributed by atoms with Crippen molar-refractivity contribution in [2.45, 2.75) is 39.2 Å². The van der Waals surface area contributed by atoms with Gasteiger partial charge in [-0.3, -0.25) is 9.36 Å². The number of piperidine rings is 1. The number of benzene rings is 1. The molecule has 2 heterocycles. The summed E-state index contributed by atoms with van der Waals surface area (Å²) in [5.74, 6) is 0.686. The number of likely N-dealkylation sites (tertiary alicyclic amines) is 1. The molecule has 1 saturated heterocycles. The Hall–Kier alpha value is -2.21. The molecule has 0 bridgehead atoms. The molecular formula is C19H27N5O. The zero-order chi connectivity index (χ0) is 17.9. The van der Waals surface area contributed by atoms with Crippen molar-refractivity contribution in [3.8, 4) is 5.69 Å². The van der Waals surface area contributed by atoms with Gasteiger partial charge in [-0.2, -0.15) is 0 Å². The monoisotopic (exact) mass is 341 g/mol. The Morgan fingerprint density at radius 3 is 2.80 bits per heavy atom. The zero-order valence-corrected chi connectivity index (χ0v) is 15.3. The third-order valence-corrected chi connectivity index (χ3v) is 4.64. The van der Waals surface area contributed by atoms with Crippen LogP contribution in [0.25, 0.3) is 5.69 Å². The fraction of sp³-hybridized carbons (Fsp3) is 0.526. The van der Waals surface area contributed by atoms with Crippen LogP contribution in [-0.2, 0) is 0 Å². The van der Waals surface area contributed by atoms with Crippen LogP contribution >= 0.6 is 0 Å². The molecule has 3 rings (SSSR count). The van der Waals surface area contributed by atoms with Gasteiger partial charge in [0.05, 0.1) is 0 Å². The predicted molar refractivity (Wildman–Crippen MR) is 97.7 cm³/mol. The molecule has 0 aliphatic carbocycles. The quantitative estimate of drug-likeness (QED) is 0.908. The van der Waals surface area contributed by atoms with Gasteiger partial charge in [0, 0.05) is 29.9 Å². The van der Waals surface area contributed by atoms with E-state index in [1.807, 2.05) is 24.3 Å². The standard InChI is InChI=1S/C19H27N5O/c1-15-6-5-9-23(11-15)12-19(2,3)22-18(25)16-7-4-8-17(10-16)24-13-20-21-14-24/h4,7-8,10,13-15H,5-6,9,11-12H2,1-3H3,(H,22,25)/t15-/m1/s1. The third-order valence-electron chi connectivity index (χ3n) is 4.64. The Labute approximate surface area is 149 Å². The summed E-state index contributed by atoms with van der Waals surface area (Å²) in [5.41, 5.74) is 1.24. The fourth-order valence-electron chi connectivity index (χ4n) is 3.55. The molecule has 2 aromatic rings. The molecule has 6 heteroatoms. The molecule has 1 N–H and O–H groups in total. The number of amides is 1. The van der Waals surface area contributed by atoms with E-state index in [0.29, 0.717) is 5.56 Å². The molecule has 0 unspecified atom stereocenters. The molecule has 1 aromatic carbocycles. The summed E-state index contributed by atoms with van der Waals surface area (Å²) in [4.78, 5) is 15.2. The van der Waals surface area contributed by atoms with Crippen molar-refractivity contribution in [3.05, 3.63) is 42.5 Å². The van der Waals surface area contributed by atoms with Crippen LogP contribution in [0.3, 0.4) is 0 Å². The topological polar surface area (TPSA) is 63.1 Å². The van der Waals surface area contributed by atoms with Gasteiger partial charge in [0.25, 0.3) is 5.91 Å². The first-order valence-corrected chi connectivity index (χ1v) is 8.93. The van der Waals surface area contributed by atoms with Gasteiger partial charge in [0.15, 0.2) is 0 Å². The van der Waals surface area contributed by atoms with E-state index in [1.54, 1.807) is 17.2 Å². The Morgan fingerprint density at radius 1 is 1.32 bits per heavy atom. The maximum Gasteiger partial charge on any atom is 0.251 e. The van der Waals surface area contributed by atoms with Crippen molar-refractivity contribution in [2.75, 3.05) is 19.6 Å². The highest BCUT2D eigenvalue weighted by Gasteiger charge is 2.26. The fourth-order valence-corrected chi connectivity index (χ4v) is 3.55. The van der Waals surface area contributed by atoms with Gasteiger partial charge < -0.3 is 10.2 Å². The smallest absolute Gasteiger partial charge is 0.251 e. The summed E-state index contributed by atoms with van der Waals surface area (Å²) in [6.07, 6.45) is 5.79. The van der Waals surface area contributed by atoms with Gasteiger partial charge in [-0.15, -0.1) is 10.2 Å². The minimum absolute atomic E-state index is 0.0509. The highest BCUT2D eigenvalue weighted by atomic mass is 16.1. The number of nitrogens with zero attached hydrogens (tertiary/aromatic N) is 4. The van der Waals surface area contributed by atoms with Gasteiger partial charge in [-0.25, -0.2) is 0 Å². The molecular weight excluding hydrogens is 314 g/mol. The van der Waals surface area contributed by atoms with Crippen LogP contribution in [0.15, 0.2) is 36.9 Å². The number of carbonyl (C=O) groups excluding carboxylic acids is 1. The molecule has 1 fully saturated rings. The molecule has 1 aliphatic heterocycles. The van der Waals surface area contributed by atoms with Gasteiger partial charge in [0.1, 0.15) is 12.7 Å². The van der Waals surface area contributed by atoms with E-state index in [9.17, 15) is 4.79 Å². The number of carbonyl (C=O) groups is 1. The van der Waals surface area contributed by atoms with Crippen molar-refractivity contribution in [2.24, 2.45) is 5.92 Å². The summed E-state index contributed by atoms with van der Waals surface area (Å²) in [6.45, 7) is 9.58. The van der Waals surface area contributed by atoms with Crippen LogP contribution in [-0.4, -0.2) is 50.7 Å². The Balaban J connectivity index is 1.65. The molecule has 0 saturated carbocycles. The summed E-state index contributed by atoms with van der Waals surface area (Å²) in [7, 11) is 0. The highest BCUT2D eigenvalue weighted by molar-refractivity contribution is 5.95. The van der Waals surface area contributed by atoms with Crippen LogP contribution in [0, 0.1) is 5.92 Å². The van der Waals surface area contributed by atoms with E-state index in [1.165, 1.54) is 12.8 Å². The second-order valence-electron chi connectivity index (χ2n) is 7.74. The molecule has 1 atom stereocenters. The van der Waals surface area contributed by atoms with Crippen molar-refractivity contribution >= 4 is 5.91 Å². The lowest BCUT2D eigenvalue weighted by molar-refractivity contribution is 0.0863. The zero-order valence-electron chi connectivity index (χ0n) is 15.3. The van der Waals surface area contributed by atoms with Crippen LogP contribution in [0.4, 0.5) is 0 Å². The van der Waals surface area contributed by atoms with Gasteiger partial charge >= 0.3 is 0 Å². The van der Waals surface area contributed by atoms with Gasteiger partial charge in [-0.05, 0) is 57.4 Å². The SMILES string of the molecule is C[C@@H]1CCCN(CC(C)(C)NC(=O)c2cccc(-n3cnnc3)c2)C1. The van der Waals surface area contributed by atoms with E-state index >= 15 is 0 Å². The Kier molecular flexibility index (Phi) is 5.18. The van der Waals surface area contributed by atoms with E-state index in [-0.39, 0.29) is 11.4 Å². The first-order chi connectivity index (χ1) is 11.9. The Morgan fingerprint density at radius 2 is 2.08 bits per heavy atom. The first kappa shape index (κ1) is 17.6. The summed E-state index contributed by atoms with van der Waals surface area (Å²) in [6, 6.07) is 7.50. The van der Waals surface area contributed by atoms with Crippen molar-refractivity contribution in [1.82, 2.24) is 25.0 Å². The van der Waals surface area contributed by atoms with Crippen molar-refractivity contribution < 1.29 is 4.79 Å². The molecule has 0 radical (unpaired) electrons. The lowest BCUT2D eigenvalue weighted by Crippen LogP contribution is -2.53. The molecule has 1 aliphatic rings. The average molecular weight is 341 g/mol. The van der Waals surface area contributed by atoms with Crippen LogP contribution in [0.5, 0.6) is 0 Å². The number of aromatic nitrogens is 3. The van der Waals surface area contributed by atoms with Crippen LogP contribution in [0.1, 0.15) is 44.0 Å².